The van der Waals surface area contributed by atoms with Crippen LogP contribution in [0.2, 0.25) is 0 Å². The number of aliphatic carboxylic acids is 1. The number of likely N-dealkylation sites (tertiary alicyclic amines) is 1. The lowest BCUT2D eigenvalue weighted by Crippen LogP contribution is -2.39. The maximum atomic E-state index is 11.2. The van der Waals surface area contributed by atoms with E-state index in [1.807, 2.05) is 0 Å². The van der Waals surface area contributed by atoms with Gasteiger partial charge in [0.15, 0.2) is 0 Å². The molecule has 142 valence electrons. The van der Waals surface area contributed by atoms with Gasteiger partial charge in [-0.25, -0.2) is 0 Å². The van der Waals surface area contributed by atoms with Crippen molar-refractivity contribution in [3.63, 3.8) is 0 Å². The van der Waals surface area contributed by atoms with Crippen molar-refractivity contribution < 1.29 is 9.90 Å². The van der Waals surface area contributed by atoms with Gasteiger partial charge in [-0.1, -0.05) is 6.08 Å². The predicted molar refractivity (Wildman–Crippen MR) is 114 cm³/mol. The number of carboxylic acid groups (broad SMARTS) is 1. The number of nitrogens with zero attached hydrogens (tertiary/aromatic N) is 1. The number of carboxylic acids is 1. The molecule has 0 amide bonds. The zero-order chi connectivity index (χ0) is 17.8. The van der Waals surface area contributed by atoms with E-state index < -0.39 is 5.97 Å². The van der Waals surface area contributed by atoms with Gasteiger partial charge in [0, 0.05) is 28.4 Å². The van der Waals surface area contributed by atoms with Gasteiger partial charge in [0.05, 0.1) is 5.92 Å². The first-order chi connectivity index (χ1) is 12.1. The van der Waals surface area contributed by atoms with Crippen LogP contribution in [-0.4, -0.2) is 35.6 Å². The van der Waals surface area contributed by atoms with Crippen LogP contribution in [0, 0.1) is 19.8 Å². The van der Waals surface area contributed by atoms with Gasteiger partial charge < -0.3 is 10.0 Å². The summed E-state index contributed by atoms with van der Waals surface area (Å²) in [5.74, 6) is -0.847. The summed E-state index contributed by atoms with van der Waals surface area (Å²) in [5, 5.41) is 13.6. The quantitative estimate of drug-likeness (QED) is 0.685. The van der Waals surface area contributed by atoms with Crippen molar-refractivity contribution in [1.29, 1.82) is 0 Å². The molecule has 3 heterocycles. The summed E-state index contributed by atoms with van der Waals surface area (Å²) in [4.78, 5) is 16.2. The second-order valence-corrected chi connectivity index (χ2v) is 8.58. The Bertz CT molecular complexity index is 723. The van der Waals surface area contributed by atoms with Gasteiger partial charge in [-0.15, -0.1) is 35.1 Å². The molecule has 1 N–H and O–H groups in total. The minimum absolute atomic E-state index is 0. The average Bonchev–Trinajstić information content (AvgIpc) is 3.21. The standard InChI is InChI=1S/C20H25NO2S2.ClH/c1-14-7-11-24-18(14)17(19-15(2)8-12-25-19)6-4-10-21-9-3-5-16(13-21)20(22)23;/h6-8,11-12,16H,3-5,9-10,13H2,1-2H3,(H,22,23);1H/t16-;/m1./s1. The first-order valence-corrected chi connectivity index (χ1v) is 10.6. The molecule has 1 aliphatic rings. The molecule has 3 nitrogen and oxygen atoms in total. The molecule has 6 heteroatoms. The van der Waals surface area contributed by atoms with Crippen LogP contribution in [0.4, 0.5) is 0 Å². The molecule has 1 atom stereocenters. The summed E-state index contributed by atoms with van der Waals surface area (Å²) >= 11 is 3.60. The molecule has 2 aromatic heterocycles. The highest BCUT2D eigenvalue weighted by atomic mass is 35.5. The number of hydrogen-bond acceptors (Lipinski definition) is 4. The molecular weight excluding hydrogens is 386 g/mol. The number of rotatable bonds is 6. The van der Waals surface area contributed by atoms with E-state index in [4.69, 9.17) is 0 Å². The monoisotopic (exact) mass is 411 g/mol. The minimum Gasteiger partial charge on any atom is -0.481 e. The number of piperidine rings is 1. The first-order valence-electron chi connectivity index (χ1n) is 8.80. The molecule has 0 unspecified atom stereocenters. The largest absolute Gasteiger partial charge is 0.481 e. The average molecular weight is 412 g/mol. The Morgan fingerprint density at radius 2 is 1.85 bits per heavy atom. The highest BCUT2D eigenvalue weighted by molar-refractivity contribution is 7.14. The normalized spacial score (nSPS) is 17.5. The van der Waals surface area contributed by atoms with E-state index in [0.29, 0.717) is 6.54 Å². The third kappa shape index (κ3) is 4.97. The Labute approximate surface area is 169 Å². The Morgan fingerprint density at radius 3 is 2.35 bits per heavy atom. The van der Waals surface area contributed by atoms with Crippen LogP contribution in [-0.2, 0) is 4.79 Å². The van der Waals surface area contributed by atoms with Crippen molar-refractivity contribution in [2.75, 3.05) is 19.6 Å². The van der Waals surface area contributed by atoms with Gasteiger partial charge >= 0.3 is 5.97 Å². The summed E-state index contributed by atoms with van der Waals surface area (Å²) in [6, 6.07) is 4.36. The van der Waals surface area contributed by atoms with E-state index >= 15 is 0 Å². The molecule has 0 aromatic carbocycles. The topological polar surface area (TPSA) is 40.5 Å². The molecule has 2 aromatic rings. The maximum Gasteiger partial charge on any atom is 0.307 e. The fraction of sp³-hybridized carbons (Fsp3) is 0.450. The second kappa shape index (κ2) is 9.70. The summed E-state index contributed by atoms with van der Waals surface area (Å²) in [6.07, 6.45) is 5.11. The Hall–Kier alpha value is -1.14. The molecule has 1 fully saturated rings. The molecular formula is C20H26ClNO2S2. The number of hydrogen-bond donors (Lipinski definition) is 1. The minimum atomic E-state index is -0.649. The van der Waals surface area contributed by atoms with Crippen LogP contribution in [0.5, 0.6) is 0 Å². The molecule has 0 saturated carbocycles. The molecule has 26 heavy (non-hydrogen) atoms. The SMILES string of the molecule is Cc1ccsc1C(=CCCN1CCC[C@@H](C(=O)O)C1)c1sccc1C.Cl. The third-order valence-corrected chi connectivity index (χ3v) is 6.96. The molecule has 1 aliphatic heterocycles. The molecule has 1 saturated heterocycles. The molecule has 0 radical (unpaired) electrons. The van der Waals surface area contributed by atoms with E-state index in [9.17, 15) is 9.90 Å². The highest BCUT2D eigenvalue weighted by Crippen LogP contribution is 2.35. The lowest BCUT2D eigenvalue weighted by molar-refractivity contribution is -0.143. The van der Waals surface area contributed by atoms with Crippen molar-refractivity contribution in [3.05, 3.63) is 49.9 Å². The van der Waals surface area contributed by atoms with Crippen LogP contribution < -0.4 is 0 Å². The zero-order valence-corrected chi connectivity index (χ0v) is 17.7. The maximum absolute atomic E-state index is 11.2. The van der Waals surface area contributed by atoms with Crippen molar-refractivity contribution in [1.82, 2.24) is 4.90 Å². The highest BCUT2D eigenvalue weighted by Gasteiger charge is 2.24. The van der Waals surface area contributed by atoms with Gasteiger partial charge in [-0.3, -0.25) is 4.79 Å². The number of halogens is 1. The van der Waals surface area contributed by atoms with Crippen molar-refractivity contribution in [2.24, 2.45) is 5.92 Å². The van der Waals surface area contributed by atoms with Gasteiger partial charge in [0.2, 0.25) is 0 Å². The summed E-state index contributed by atoms with van der Waals surface area (Å²) in [7, 11) is 0. The van der Waals surface area contributed by atoms with Crippen molar-refractivity contribution in [3.8, 4) is 0 Å². The van der Waals surface area contributed by atoms with Crippen LogP contribution in [0.15, 0.2) is 29.0 Å². The van der Waals surface area contributed by atoms with Gasteiger partial charge in [-0.2, -0.15) is 0 Å². The predicted octanol–water partition coefficient (Wildman–Crippen LogP) is 5.47. The fourth-order valence-electron chi connectivity index (χ4n) is 3.44. The van der Waals surface area contributed by atoms with Crippen LogP contribution in [0.1, 0.15) is 40.1 Å². The Balaban J connectivity index is 0.00000243. The van der Waals surface area contributed by atoms with Crippen molar-refractivity contribution >= 4 is 46.6 Å². The lowest BCUT2D eigenvalue weighted by atomic mass is 9.98. The molecule has 0 spiro atoms. The number of carbonyl (C=O) groups is 1. The van der Waals surface area contributed by atoms with Gasteiger partial charge in [0.1, 0.15) is 0 Å². The number of thiophene rings is 2. The van der Waals surface area contributed by atoms with Crippen LogP contribution in [0.3, 0.4) is 0 Å². The smallest absolute Gasteiger partial charge is 0.307 e. The lowest BCUT2D eigenvalue weighted by Gasteiger charge is -2.30. The molecule has 0 aliphatic carbocycles. The summed E-state index contributed by atoms with van der Waals surface area (Å²) in [5.41, 5.74) is 3.99. The summed E-state index contributed by atoms with van der Waals surface area (Å²) < 4.78 is 0. The van der Waals surface area contributed by atoms with E-state index in [0.717, 1.165) is 32.4 Å². The first kappa shape index (κ1) is 21.2. The second-order valence-electron chi connectivity index (χ2n) is 6.75. The van der Waals surface area contributed by atoms with E-state index in [1.165, 1.54) is 26.5 Å². The molecule has 0 bridgehead atoms. The fourth-order valence-corrected chi connectivity index (χ4v) is 5.45. The van der Waals surface area contributed by atoms with Crippen LogP contribution in [0.25, 0.3) is 5.57 Å². The van der Waals surface area contributed by atoms with Crippen molar-refractivity contribution in [2.45, 2.75) is 33.1 Å². The van der Waals surface area contributed by atoms with E-state index in [-0.39, 0.29) is 18.3 Å². The molecule has 3 rings (SSSR count). The van der Waals surface area contributed by atoms with Gasteiger partial charge in [-0.05, 0) is 73.7 Å². The van der Waals surface area contributed by atoms with E-state index in [1.54, 1.807) is 22.7 Å². The summed E-state index contributed by atoms with van der Waals surface area (Å²) in [6.45, 7) is 6.98. The van der Waals surface area contributed by atoms with Gasteiger partial charge in [0.25, 0.3) is 0 Å². The number of aryl methyl sites for hydroxylation is 2. The Morgan fingerprint density at radius 1 is 1.23 bits per heavy atom. The Kier molecular flexibility index (Phi) is 7.89. The zero-order valence-electron chi connectivity index (χ0n) is 15.2. The third-order valence-electron chi connectivity index (χ3n) is 4.86. The van der Waals surface area contributed by atoms with Crippen LogP contribution >= 0.6 is 35.1 Å². The van der Waals surface area contributed by atoms with E-state index in [2.05, 4.69) is 47.7 Å².